The van der Waals surface area contributed by atoms with Gasteiger partial charge in [0.25, 0.3) is 10.0 Å². The van der Waals surface area contributed by atoms with Crippen molar-refractivity contribution >= 4 is 26.3 Å². The Morgan fingerprint density at radius 1 is 1.10 bits per heavy atom. The first-order valence-electron chi connectivity index (χ1n) is 9.26. The molecule has 0 bridgehead atoms. The molecule has 0 atom stereocenters. The number of hydrogen-bond donors (Lipinski definition) is 1. The number of nitrogens with two attached hydrogens (primary N) is 1. The molecular weight excluding hydrogens is 440 g/mol. The van der Waals surface area contributed by atoms with E-state index in [1.807, 2.05) is 36.4 Å². The zero-order chi connectivity index (χ0) is 21.8. The first-order chi connectivity index (χ1) is 14.9. The lowest BCUT2D eigenvalue weighted by molar-refractivity contribution is 0.0880. The van der Waals surface area contributed by atoms with Gasteiger partial charge in [0.15, 0.2) is 11.5 Å². The van der Waals surface area contributed by atoms with Crippen LogP contribution in [0.25, 0.3) is 16.2 Å². The minimum atomic E-state index is -3.86. The summed E-state index contributed by atoms with van der Waals surface area (Å²) in [5.74, 6) is 1.14. The van der Waals surface area contributed by atoms with Gasteiger partial charge in [-0.3, -0.25) is 0 Å². The highest BCUT2D eigenvalue weighted by atomic mass is 32.2. The summed E-state index contributed by atoms with van der Waals surface area (Å²) < 4.78 is 40.9. The van der Waals surface area contributed by atoms with Crippen molar-refractivity contribution in [2.45, 2.75) is 10.9 Å². The number of nitrogens with zero attached hydrogens (tertiary/aromatic N) is 3. The van der Waals surface area contributed by atoms with Crippen molar-refractivity contribution in [1.29, 1.82) is 0 Å². The van der Waals surface area contributed by atoms with E-state index in [-0.39, 0.29) is 4.34 Å². The van der Waals surface area contributed by atoms with Crippen LogP contribution in [0.1, 0.15) is 5.56 Å². The molecule has 9 nitrogen and oxygen atoms in total. The zero-order valence-corrected chi connectivity index (χ0v) is 18.2. The molecule has 0 aliphatic heterocycles. The van der Waals surface area contributed by atoms with Crippen LogP contribution in [0.15, 0.2) is 59.1 Å². The maximum Gasteiger partial charge on any atom is 0.267 e. The predicted molar refractivity (Wildman–Crippen MR) is 116 cm³/mol. The van der Waals surface area contributed by atoms with Gasteiger partial charge in [0.1, 0.15) is 6.61 Å². The molecule has 11 heteroatoms. The van der Waals surface area contributed by atoms with Crippen molar-refractivity contribution in [3.05, 3.63) is 60.3 Å². The van der Waals surface area contributed by atoms with Crippen LogP contribution < -0.4 is 14.6 Å². The third-order valence-electron chi connectivity index (χ3n) is 4.32. The van der Waals surface area contributed by atoms with E-state index in [2.05, 4.69) is 10.1 Å². The largest absolute Gasteiger partial charge is 0.493 e. The summed E-state index contributed by atoms with van der Waals surface area (Å²) in [6.45, 7) is 1.34. The number of aromatic nitrogens is 3. The third kappa shape index (κ3) is 5.02. The van der Waals surface area contributed by atoms with Gasteiger partial charge in [-0.15, -0.1) is 5.10 Å². The second-order valence-corrected chi connectivity index (χ2v) is 9.21. The summed E-state index contributed by atoms with van der Waals surface area (Å²) in [5.41, 5.74) is 2.50. The van der Waals surface area contributed by atoms with Gasteiger partial charge in [-0.25, -0.2) is 23.1 Å². The quantitative estimate of drug-likeness (QED) is 0.382. The van der Waals surface area contributed by atoms with Crippen molar-refractivity contribution in [2.24, 2.45) is 5.14 Å². The summed E-state index contributed by atoms with van der Waals surface area (Å²) in [7, 11) is -2.30. The van der Waals surface area contributed by atoms with Gasteiger partial charge in [-0.05, 0) is 23.8 Å². The second kappa shape index (κ2) is 9.02. The Labute approximate surface area is 183 Å². The van der Waals surface area contributed by atoms with Crippen LogP contribution in [-0.4, -0.2) is 43.3 Å². The maximum absolute atomic E-state index is 11.4. The summed E-state index contributed by atoms with van der Waals surface area (Å²) in [6.07, 6.45) is 1.63. The molecule has 0 saturated heterocycles. The van der Waals surface area contributed by atoms with Gasteiger partial charge in [0.05, 0.1) is 32.2 Å². The summed E-state index contributed by atoms with van der Waals surface area (Å²) in [4.78, 5) is 4.85. The average Bonchev–Trinajstić information content (AvgIpc) is 3.34. The van der Waals surface area contributed by atoms with E-state index in [1.54, 1.807) is 25.4 Å². The van der Waals surface area contributed by atoms with Crippen molar-refractivity contribution in [3.8, 4) is 22.8 Å². The molecule has 0 aliphatic rings. The fourth-order valence-corrected chi connectivity index (χ4v) is 4.36. The lowest BCUT2D eigenvalue weighted by Crippen LogP contribution is -2.12. The molecule has 162 valence electrons. The molecule has 0 saturated carbocycles. The van der Waals surface area contributed by atoms with Gasteiger partial charge >= 0.3 is 0 Å². The Balaban J connectivity index is 1.40. The van der Waals surface area contributed by atoms with E-state index in [0.717, 1.165) is 22.5 Å². The molecule has 2 heterocycles. The number of imidazole rings is 1. The van der Waals surface area contributed by atoms with E-state index in [0.29, 0.717) is 42.0 Å². The van der Waals surface area contributed by atoms with Gasteiger partial charge in [0, 0.05) is 5.56 Å². The molecule has 4 aromatic rings. The minimum Gasteiger partial charge on any atom is -0.493 e. The Morgan fingerprint density at radius 2 is 1.90 bits per heavy atom. The van der Waals surface area contributed by atoms with Crippen molar-refractivity contribution in [1.82, 2.24) is 14.6 Å². The van der Waals surface area contributed by atoms with Gasteiger partial charge in [-0.1, -0.05) is 41.7 Å². The number of primary sulfonamides is 1. The minimum absolute atomic E-state index is 0.183. The number of rotatable bonds is 9. The first-order valence-corrected chi connectivity index (χ1v) is 11.6. The molecule has 2 aromatic carbocycles. The first kappa shape index (κ1) is 21.2. The molecule has 0 aliphatic carbocycles. The Hall–Kier alpha value is -2.99. The van der Waals surface area contributed by atoms with Gasteiger partial charge in [0.2, 0.25) is 9.30 Å². The number of methoxy groups -OCH3 is 1. The fraction of sp³-hybridized carbons (Fsp3) is 0.200. The topological polar surface area (TPSA) is 118 Å². The van der Waals surface area contributed by atoms with Crippen molar-refractivity contribution in [2.75, 3.05) is 20.3 Å². The lowest BCUT2D eigenvalue weighted by Gasteiger charge is -2.12. The number of hydrogen-bond acceptors (Lipinski definition) is 8. The van der Waals surface area contributed by atoms with E-state index in [1.165, 1.54) is 4.52 Å². The highest BCUT2D eigenvalue weighted by molar-refractivity contribution is 7.91. The molecular formula is C20H20N4O5S2. The Morgan fingerprint density at radius 3 is 2.61 bits per heavy atom. The van der Waals surface area contributed by atoms with Gasteiger partial charge < -0.3 is 14.2 Å². The van der Waals surface area contributed by atoms with Crippen LogP contribution in [-0.2, 0) is 21.4 Å². The molecule has 2 N–H and O–H groups in total. The summed E-state index contributed by atoms with van der Waals surface area (Å²) in [6, 6.07) is 15.4. The zero-order valence-electron chi connectivity index (χ0n) is 16.6. The molecule has 4 rings (SSSR count). The molecule has 0 fully saturated rings. The van der Waals surface area contributed by atoms with Gasteiger partial charge in [-0.2, -0.15) is 0 Å². The van der Waals surface area contributed by atoms with E-state index in [4.69, 9.17) is 19.3 Å². The fourth-order valence-electron chi connectivity index (χ4n) is 2.86. The summed E-state index contributed by atoms with van der Waals surface area (Å²) >= 11 is 0.905. The smallest absolute Gasteiger partial charge is 0.267 e. The average molecular weight is 461 g/mol. The van der Waals surface area contributed by atoms with Crippen LogP contribution in [0, 0.1) is 0 Å². The Bertz CT molecular complexity index is 1250. The highest BCUT2D eigenvalue weighted by Gasteiger charge is 2.18. The van der Waals surface area contributed by atoms with Crippen LogP contribution >= 0.6 is 11.3 Å². The Kier molecular flexibility index (Phi) is 6.18. The van der Waals surface area contributed by atoms with E-state index < -0.39 is 10.0 Å². The lowest BCUT2D eigenvalue weighted by atomic mass is 10.1. The SMILES string of the molecule is COc1cc(-c2cn3nc(S(N)(=O)=O)sc3n2)ccc1OCCOCc1ccccc1. The number of fused-ring (bicyclic) bond motifs is 1. The second-order valence-electron chi connectivity index (χ2n) is 6.52. The van der Waals surface area contributed by atoms with E-state index >= 15 is 0 Å². The van der Waals surface area contributed by atoms with E-state index in [9.17, 15) is 8.42 Å². The molecule has 0 unspecified atom stereocenters. The van der Waals surface area contributed by atoms with Crippen LogP contribution in [0.2, 0.25) is 0 Å². The normalized spacial score (nSPS) is 11.7. The molecule has 2 aromatic heterocycles. The van der Waals surface area contributed by atoms with Crippen LogP contribution in [0.4, 0.5) is 0 Å². The number of benzene rings is 2. The molecule has 0 radical (unpaired) electrons. The monoisotopic (exact) mass is 460 g/mol. The summed E-state index contributed by atoms with van der Waals surface area (Å²) in [5, 5.41) is 9.07. The molecule has 31 heavy (non-hydrogen) atoms. The number of sulfonamides is 1. The number of ether oxygens (including phenoxy) is 3. The third-order valence-corrected chi connectivity index (χ3v) is 6.56. The standard InChI is InChI=1S/C20H20N4O5S2/c1-27-18-11-15(16-12-24-19(22-16)30-20(23-24)31(21,25)26)7-8-17(18)29-10-9-28-13-14-5-3-2-4-6-14/h2-8,11-12H,9-10,13H2,1H3,(H2,21,25,26). The van der Waals surface area contributed by atoms with Crippen LogP contribution in [0.5, 0.6) is 11.5 Å². The highest BCUT2D eigenvalue weighted by Crippen LogP contribution is 2.33. The van der Waals surface area contributed by atoms with Crippen LogP contribution in [0.3, 0.4) is 0 Å². The molecule has 0 amide bonds. The molecule has 0 spiro atoms. The maximum atomic E-state index is 11.4. The van der Waals surface area contributed by atoms with Crippen molar-refractivity contribution < 1.29 is 22.6 Å². The predicted octanol–water partition coefficient (Wildman–Crippen LogP) is 2.71. The van der Waals surface area contributed by atoms with Crippen molar-refractivity contribution in [3.63, 3.8) is 0 Å².